The van der Waals surface area contributed by atoms with Gasteiger partial charge in [0.05, 0.1) is 19.3 Å². The fourth-order valence-electron chi connectivity index (χ4n) is 1.97. The molecule has 0 aromatic heterocycles. The molecular formula is C17H17ClN2O4. The van der Waals surface area contributed by atoms with Crippen LogP contribution in [-0.2, 0) is 0 Å². The van der Waals surface area contributed by atoms with Crippen LogP contribution in [0.15, 0.2) is 42.5 Å². The van der Waals surface area contributed by atoms with E-state index in [4.69, 9.17) is 21.1 Å². The highest BCUT2D eigenvalue weighted by molar-refractivity contribution is 6.30. The maximum Gasteiger partial charge on any atom is 0.273 e. The molecule has 0 aliphatic rings. The van der Waals surface area contributed by atoms with Gasteiger partial charge in [-0.05, 0) is 49.4 Å². The molecule has 0 heterocycles. The molecule has 0 spiro atoms. The Hall–Kier alpha value is -2.73. The lowest BCUT2D eigenvalue weighted by molar-refractivity contribution is 0.0845. The van der Waals surface area contributed by atoms with E-state index in [1.54, 1.807) is 30.3 Å². The van der Waals surface area contributed by atoms with Crippen molar-refractivity contribution in [2.45, 2.75) is 6.92 Å². The summed E-state index contributed by atoms with van der Waals surface area (Å²) in [7, 11) is 1.43. The molecule has 126 valence electrons. The highest BCUT2D eigenvalue weighted by atomic mass is 35.5. The third-order valence-electron chi connectivity index (χ3n) is 3.13. The predicted molar refractivity (Wildman–Crippen MR) is 90.5 cm³/mol. The van der Waals surface area contributed by atoms with E-state index in [1.807, 2.05) is 6.92 Å². The molecule has 0 unspecified atom stereocenters. The Bertz CT molecular complexity index is 732. The van der Waals surface area contributed by atoms with Crippen LogP contribution < -0.4 is 20.3 Å². The van der Waals surface area contributed by atoms with Crippen LogP contribution in [0.2, 0.25) is 5.02 Å². The molecule has 0 saturated heterocycles. The Morgan fingerprint density at radius 1 is 1.04 bits per heavy atom. The molecule has 2 N–H and O–H groups in total. The molecule has 0 atom stereocenters. The van der Waals surface area contributed by atoms with Gasteiger partial charge in [0, 0.05) is 10.6 Å². The average Bonchev–Trinajstić information content (AvgIpc) is 2.60. The van der Waals surface area contributed by atoms with Crippen LogP contribution in [0.4, 0.5) is 0 Å². The maximum atomic E-state index is 12.1. The molecule has 0 aliphatic heterocycles. The molecule has 0 fully saturated rings. The Balaban J connectivity index is 1.99. The number of ether oxygens (including phenoxy) is 2. The summed E-state index contributed by atoms with van der Waals surface area (Å²) in [5.74, 6) is 0.0291. The quantitative estimate of drug-likeness (QED) is 0.815. The number of carbonyl (C=O) groups excluding carboxylic acids is 2. The highest BCUT2D eigenvalue weighted by Crippen LogP contribution is 2.22. The summed E-state index contributed by atoms with van der Waals surface area (Å²) < 4.78 is 10.4. The van der Waals surface area contributed by atoms with Gasteiger partial charge in [0.1, 0.15) is 11.5 Å². The van der Waals surface area contributed by atoms with E-state index in [2.05, 4.69) is 10.9 Å². The van der Waals surface area contributed by atoms with E-state index in [0.29, 0.717) is 28.7 Å². The third kappa shape index (κ3) is 4.39. The zero-order valence-electron chi connectivity index (χ0n) is 13.3. The minimum absolute atomic E-state index is 0.258. The van der Waals surface area contributed by atoms with Crippen LogP contribution in [0, 0.1) is 0 Å². The molecule has 0 aliphatic carbocycles. The number of rotatable bonds is 5. The topological polar surface area (TPSA) is 76.7 Å². The van der Waals surface area contributed by atoms with Gasteiger partial charge in [0.25, 0.3) is 11.8 Å². The standard InChI is InChI=1S/C17H17ClN2O4/c1-3-24-13-7-4-11(5-8-13)16(21)19-20-17(22)14-9-6-12(18)10-15(14)23-2/h4-10H,3H2,1-2H3,(H,19,21)(H,20,22). The van der Waals surface area contributed by atoms with E-state index in [-0.39, 0.29) is 5.56 Å². The number of benzene rings is 2. The minimum Gasteiger partial charge on any atom is -0.496 e. The lowest BCUT2D eigenvalue weighted by Gasteiger charge is -2.11. The number of amides is 2. The van der Waals surface area contributed by atoms with Crippen molar-refractivity contribution in [3.05, 3.63) is 58.6 Å². The van der Waals surface area contributed by atoms with E-state index < -0.39 is 11.8 Å². The van der Waals surface area contributed by atoms with Gasteiger partial charge >= 0.3 is 0 Å². The van der Waals surface area contributed by atoms with Crippen molar-refractivity contribution < 1.29 is 19.1 Å². The average molecular weight is 349 g/mol. The van der Waals surface area contributed by atoms with Crippen molar-refractivity contribution >= 4 is 23.4 Å². The first-order chi connectivity index (χ1) is 11.5. The first-order valence-corrected chi connectivity index (χ1v) is 7.60. The number of hydrazine groups is 1. The van der Waals surface area contributed by atoms with E-state index >= 15 is 0 Å². The van der Waals surface area contributed by atoms with Crippen molar-refractivity contribution in [3.63, 3.8) is 0 Å². The molecule has 2 aromatic carbocycles. The molecule has 0 radical (unpaired) electrons. The maximum absolute atomic E-state index is 12.1. The summed E-state index contributed by atoms with van der Waals surface area (Å²) in [6, 6.07) is 11.2. The van der Waals surface area contributed by atoms with E-state index in [9.17, 15) is 9.59 Å². The fraction of sp³-hybridized carbons (Fsp3) is 0.176. The van der Waals surface area contributed by atoms with Crippen molar-refractivity contribution in [2.75, 3.05) is 13.7 Å². The van der Waals surface area contributed by atoms with Gasteiger partial charge in [-0.3, -0.25) is 20.4 Å². The van der Waals surface area contributed by atoms with Gasteiger partial charge in [-0.15, -0.1) is 0 Å². The number of halogens is 1. The van der Waals surface area contributed by atoms with Crippen LogP contribution in [0.5, 0.6) is 11.5 Å². The number of hydrogen-bond acceptors (Lipinski definition) is 4. The molecule has 2 aromatic rings. The lowest BCUT2D eigenvalue weighted by atomic mass is 10.2. The van der Waals surface area contributed by atoms with Gasteiger partial charge in [0.2, 0.25) is 0 Å². The molecule has 24 heavy (non-hydrogen) atoms. The summed E-state index contributed by atoms with van der Waals surface area (Å²) in [5.41, 5.74) is 5.33. The van der Waals surface area contributed by atoms with Gasteiger partial charge in [-0.2, -0.15) is 0 Å². The van der Waals surface area contributed by atoms with Crippen molar-refractivity contribution in [1.82, 2.24) is 10.9 Å². The molecule has 7 heteroatoms. The lowest BCUT2D eigenvalue weighted by Crippen LogP contribution is -2.41. The zero-order valence-corrected chi connectivity index (χ0v) is 14.0. The predicted octanol–water partition coefficient (Wildman–Crippen LogP) is 2.82. The molecule has 2 amide bonds. The Labute approximate surface area is 144 Å². The number of hydrogen-bond donors (Lipinski definition) is 2. The Morgan fingerprint density at radius 2 is 1.71 bits per heavy atom. The number of carbonyl (C=O) groups is 2. The molecule has 2 rings (SSSR count). The second kappa shape index (κ2) is 8.21. The summed E-state index contributed by atoms with van der Waals surface area (Å²) >= 11 is 5.85. The van der Waals surface area contributed by atoms with Crippen LogP contribution in [0.25, 0.3) is 0 Å². The molecule has 0 saturated carbocycles. The summed E-state index contributed by atoms with van der Waals surface area (Å²) in [6.45, 7) is 2.42. The largest absolute Gasteiger partial charge is 0.496 e. The van der Waals surface area contributed by atoms with Crippen molar-refractivity contribution in [1.29, 1.82) is 0 Å². The zero-order chi connectivity index (χ0) is 17.5. The van der Waals surface area contributed by atoms with Crippen molar-refractivity contribution in [3.8, 4) is 11.5 Å². The molecular weight excluding hydrogens is 332 g/mol. The van der Waals surface area contributed by atoms with E-state index in [0.717, 1.165) is 0 Å². The molecule has 6 nitrogen and oxygen atoms in total. The summed E-state index contributed by atoms with van der Waals surface area (Å²) in [6.07, 6.45) is 0. The summed E-state index contributed by atoms with van der Waals surface area (Å²) in [5, 5.41) is 0.446. The SMILES string of the molecule is CCOc1ccc(C(=O)NNC(=O)c2ccc(Cl)cc2OC)cc1. The monoisotopic (exact) mass is 348 g/mol. The number of nitrogens with one attached hydrogen (secondary N) is 2. The highest BCUT2D eigenvalue weighted by Gasteiger charge is 2.14. The van der Waals surface area contributed by atoms with Crippen LogP contribution in [-0.4, -0.2) is 25.5 Å². The molecule has 0 bridgehead atoms. The van der Waals surface area contributed by atoms with Gasteiger partial charge in [-0.1, -0.05) is 11.6 Å². The second-order valence-corrected chi connectivity index (χ2v) is 5.15. The smallest absolute Gasteiger partial charge is 0.273 e. The first-order valence-electron chi connectivity index (χ1n) is 7.22. The number of methoxy groups -OCH3 is 1. The van der Waals surface area contributed by atoms with E-state index in [1.165, 1.54) is 19.2 Å². The van der Waals surface area contributed by atoms with Crippen LogP contribution in [0.1, 0.15) is 27.6 Å². The Morgan fingerprint density at radius 3 is 2.33 bits per heavy atom. The third-order valence-corrected chi connectivity index (χ3v) is 3.36. The van der Waals surface area contributed by atoms with Gasteiger partial charge in [0.15, 0.2) is 0 Å². The second-order valence-electron chi connectivity index (χ2n) is 4.71. The van der Waals surface area contributed by atoms with Gasteiger partial charge in [-0.25, -0.2) is 0 Å². The first kappa shape index (κ1) is 17.6. The summed E-state index contributed by atoms with van der Waals surface area (Å²) in [4.78, 5) is 24.2. The van der Waals surface area contributed by atoms with Gasteiger partial charge < -0.3 is 9.47 Å². The van der Waals surface area contributed by atoms with Crippen LogP contribution in [0.3, 0.4) is 0 Å². The normalized spacial score (nSPS) is 9.96. The van der Waals surface area contributed by atoms with Crippen molar-refractivity contribution in [2.24, 2.45) is 0 Å². The Kier molecular flexibility index (Phi) is 6.03. The fourth-order valence-corrected chi connectivity index (χ4v) is 2.14. The minimum atomic E-state index is -0.511. The van der Waals surface area contributed by atoms with Crippen LogP contribution >= 0.6 is 11.6 Å².